The van der Waals surface area contributed by atoms with Crippen molar-refractivity contribution in [1.29, 1.82) is 0 Å². The van der Waals surface area contributed by atoms with Gasteiger partial charge in [0.1, 0.15) is 12.4 Å². The van der Waals surface area contributed by atoms with Crippen LogP contribution < -0.4 is 15.5 Å². The van der Waals surface area contributed by atoms with Crippen LogP contribution in [0.4, 0.5) is 0 Å². The Balaban J connectivity index is 2.03. The molecule has 2 aromatic carbocycles. The first-order valence-electron chi connectivity index (χ1n) is 6.96. The second-order valence-electron chi connectivity index (χ2n) is 4.65. The van der Waals surface area contributed by atoms with Gasteiger partial charge in [-0.05, 0) is 47.1 Å². The fourth-order valence-corrected chi connectivity index (χ4v) is 2.18. The Morgan fingerprint density at radius 1 is 1.24 bits per heavy atom. The number of nitrogens with one attached hydrogen (secondary N) is 2. The zero-order chi connectivity index (χ0) is 15.1. The van der Waals surface area contributed by atoms with Crippen molar-refractivity contribution in [2.24, 2.45) is 0 Å². The third-order valence-electron chi connectivity index (χ3n) is 3.11. The van der Waals surface area contributed by atoms with E-state index in [4.69, 9.17) is 21.8 Å². The highest BCUT2D eigenvalue weighted by Crippen LogP contribution is 2.24. The largest absolute Gasteiger partial charge is 0.497 e. The molecular formula is C16H20N2O2S. The Morgan fingerprint density at radius 3 is 2.86 bits per heavy atom. The molecular weight excluding hydrogens is 284 g/mol. The van der Waals surface area contributed by atoms with Gasteiger partial charge in [-0.1, -0.05) is 31.2 Å². The van der Waals surface area contributed by atoms with Crippen molar-refractivity contribution in [2.45, 2.75) is 20.0 Å². The summed E-state index contributed by atoms with van der Waals surface area (Å²) < 4.78 is 5.28. The predicted octanol–water partition coefficient (Wildman–Crippen LogP) is 3.15. The molecule has 21 heavy (non-hydrogen) atoms. The molecule has 4 nitrogen and oxygen atoms in total. The van der Waals surface area contributed by atoms with E-state index in [-0.39, 0.29) is 0 Å². The summed E-state index contributed by atoms with van der Waals surface area (Å²) in [5, 5.41) is 5.83. The first-order valence-corrected chi connectivity index (χ1v) is 7.36. The molecule has 0 aliphatic rings. The highest BCUT2D eigenvalue weighted by atomic mass is 32.1. The SMILES string of the molecule is CCCNC(=S)NOCc1cccc2ccc(OC)cc12. The highest BCUT2D eigenvalue weighted by Gasteiger charge is 2.03. The molecule has 0 aliphatic carbocycles. The quantitative estimate of drug-likeness (QED) is 0.634. The van der Waals surface area contributed by atoms with E-state index in [0.717, 1.165) is 35.1 Å². The molecule has 0 heterocycles. The van der Waals surface area contributed by atoms with Gasteiger partial charge in [0.05, 0.1) is 7.11 Å². The summed E-state index contributed by atoms with van der Waals surface area (Å²) in [5.41, 5.74) is 3.83. The molecule has 0 unspecified atom stereocenters. The normalized spacial score (nSPS) is 10.4. The summed E-state index contributed by atoms with van der Waals surface area (Å²) >= 11 is 5.10. The van der Waals surface area contributed by atoms with Crippen LogP contribution in [0.3, 0.4) is 0 Å². The summed E-state index contributed by atoms with van der Waals surface area (Å²) in [7, 11) is 1.67. The van der Waals surface area contributed by atoms with E-state index in [2.05, 4.69) is 23.8 Å². The Kier molecular flexibility index (Phi) is 5.78. The van der Waals surface area contributed by atoms with Gasteiger partial charge in [0.25, 0.3) is 0 Å². The molecule has 0 atom stereocenters. The van der Waals surface area contributed by atoms with E-state index in [1.54, 1.807) is 7.11 Å². The molecule has 112 valence electrons. The van der Waals surface area contributed by atoms with Gasteiger partial charge in [-0.3, -0.25) is 4.84 Å². The minimum absolute atomic E-state index is 0.429. The minimum atomic E-state index is 0.429. The maximum Gasteiger partial charge on any atom is 0.190 e. The summed E-state index contributed by atoms with van der Waals surface area (Å²) in [6, 6.07) is 12.1. The molecule has 2 aromatic rings. The Bertz CT molecular complexity index is 616. The van der Waals surface area contributed by atoms with Gasteiger partial charge in [0, 0.05) is 6.54 Å². The lowest BCUT2D eigenvalue weighted by molar-refractivity contribution is 0.0714. The van der Waals surface area contributed by atoms with Crippen LogP contribution in [-0.4, -0.2) is 18.8 Å². The van der Waals surface area contributed by atoms with Crippen LogP contribution in [-0.2, 0) is 11.4 Å². The fraction of sp³-hybridized carbons (Fsp3) is 0.312. The predicted molar refractivity (Wildman–Crippen MR) is 89.3 cm³/mol. The van der Waals surface area contributed by atoms with Crippen molar-refractivity contribution in [2.75, 3.05) is 13.7 Å². The van der Waals surface area contributed by atoms with Crippen LogP contribution in [0.1, 0.15) is 18.9 Å². The van der Waals surface area contributed by atoms with Crippen molar-refractivity contribution in [1.82, 2.24) is 10.8 Å². The molecule has 0 spiro atoms. The average Bonchev–Trinajstić information content (AvgIpc) is 2.52. The zero-order valence-electron chi connectivity index (χ0n) is 12.3. The van der Waals surface area contributed by atoms with Gasteiger partial charge in [-0.2, -0.15) is 0 Å². The minimum Gasteiger partial charge on any atom is -0.497 e. The summed E-state index contributed by atoms with van der Waals surface area (Å²) in [6.07, 6.45) is 1.02. The number of hydroxylamine groups is 1. The van der Waals surface area contributed by atoms with Crippen molar-refractivity contribution >= 4 is 28.1 Å². The van der Waals surface area contributed by atoms with E-state index in [1.165, 1.54) is 0 Å². The van der Waals surface area contributed by atoms with Crippen molar-refractivity contribution in [3.05, 3.63) is 42.0 Å². The molecule has 0 aromatic heterocycles. The monoisotopic (exact) mass is 304 g/mol. The number of ether oxygens (including phenoxy) is 1. The molecule has 2 rings (SSSR count). The smallest absolute Gasteiger partial charge is 0.190 e. The molecule has 0 radical (unpaired) electrons. The number of benzene rings is 2. The second kappa shape index (κ2) is 7.81. The molecule has 0 amide bonds. The summed E-state index contributed by atoms with van der Waals surface area (Å²) in [4.78, 5) is 5.47. The van der Waals surface area contributed by atoms with Crippen LogP contribution in [0.15, 0.2) is 36.4 Å². The van der Waals surface area contributed by atoms with E-state index in [1.807, 2.05) is 30.3 Å². The average molecular weight is 304 g/mol. The van der Waals surface area contributed by atoms with Crippen molar-refractivity contribution in [3.63, 3.8) is 0 Å². The topological polar surface area (TPSA) is 42.5 Å². The summed E-state index contributed by atoms with van der Waals surface area (Å²) in [5.74, 6) is 0.836. The number of methoxy groups -OCH3 is 1. The highest BCUT2D eigenvalue weighted by molar-refractivity contribution is 7.80. The first kappa shape index (κ1) is 15.5. The van der Waals surface area contributed by atoms with Crippen LogP contribution in [0.25, 0.3) is 10.8 Å². The lowest BCUT2D eigenvalue weighted by Crippen LogP contribution is -2.35. The Morgan fingerprint density at radius 2 is 2.10 bits per heavy atom. The Labute approximate surface area is 130 Å². The third kappa shape index (κ3) is 4.31. The lowest BCUT2D eigenvalue weighted by atomic mass is 10.0. The number of hydrogen-bond acceptors (Lipinski definition) is 3. The molecule has 0 fully saturated rings. The van der Waals surface area contributed by atoms with Crippen LogP contribution in [0, 0.1) is 0 Å². The maximum absolute atomic E-state index is 5.47. The maximum atomic E-state index is 5.47. The number of hydrogen-bond donors (Lipinski definition) is 2. The van der Waals surface area contributed by atoms with Gasteiger partial charge < -0.3 is 10.1 Å². The molecule has 0 aliphatic heterocycles. The van der Waals surface area contributed by atoms with Crippen LogP contribution >= 0.6 is 12.2 Å². The van der Waals surface area contributed by atoms with Crippen LogP contribution in [0.5, 0.6) is 5.75 Å². The van der Waals surface area contributed by atoms with Crippen LogP contribution in [0.2, 0.25) is 0 Å². The Hall–Kier alpha value is -1.85. The first-order chi connectivity index (χ1) is 10.2. The number of fused-ring (bicyclic) bond motifs is 1. The van der Waals surface area contributed by atoms with Gasteiger partial charge in [0.2, 0.25) is 0 Å². The molecule has 5 heteroatoms. The molecule has 0 saturated heterocycles. The van der Waals surface area contributed by atoms with Gasteiger partial charge in [-0.25, -0.2) is 5.48 Å². The van der Waals surface area contributed by atoms with Gasteiger partial charge in [0.15, 0.2) is 5.11 Å². The fourth-order valence-electron chi connectivity index (χ4n) is 2.02. The van der Waals surface area contributed by atoms with E-state index in [0.29, 0.717) is 11.7 Å². The molecule has 0 bridgehead atoms. The van der Waals surface area contributed by atoms with Crippen molar-refractivity contribution < 1.29 is 9.57 Å². The third-order valence-corrected chi connectivity index (χ3v) is 3.34. The van der Waals surface area contributed by atoms with Gasteiger partial charge >= 0.3 is 0 Å². The number of thiocarbonyl (C=S) groups is 1. The lowest BCUT2D eigenvalue weighted by Gasteiger charge is -2.11. The zero-order valence-corrected chi connectivity index (χ0v) is 13.1. The summed E-state index contributed by atoms with van der Waals surface area (Å²) in [6.45, 7) is 3.35. The molecule has 0 saturated carbocycles. The standard InChI is InChI=1S/C16H20N2O2S/c1-3-9-17-16(21)18-20-11-13-6-4-5-12-7-8-14(19-2)10-15(12)13/h4-8,10H,3,9,11H2,1-2H3,(H2,17,18,21). The van der Waals surface area contributed by atoms with E-state index in [9.17, 15) is 0 Å². The number of rotatable bonds is 6. The van der Waals surface area contributed by atoms with E-state index >= 15 is 0 Å². The van der Waals surface area contributed by atoms with Crippen molar-refractivity contribution in [3.8, 4) is 5.75 Å². The second-order valence-corrected chi connectivity index (χ2v) is 5.06. The van der Waals surface area contributed by atoms with Gasteiger partial charge in [-0.15, -0.1) is 0 Å². The molecule has 2 N–H and O–H groups in total. The van der Waals surface area contributed by atoms with E-state index < -0.39 is 0 Å².